The number of rotatable bonds is 7. The first kappa shape index (κ1) is 21.2. The Labute approximate surface area is 175 Å². The van der Waals surface area contributed by atoms with Gasteiger partial charge in [0.05, 0.1) is 5.69 Å². The SMILES string of the molecule is Cc1ccc(COc2ccc(/N=C(\NCCCN)N3CCC(C)CC3)cc2)cc1. The van der Waals surface area contributed by atoms with Gasteiger partial charge in [-0.2, -0.15) is 0 Å². The van der Waals surface area contributed by atoms with E-state index in [1.807, 2.05) is 24.3 Å². The molecule has 0 aromatic heterocycles. The van der Waals surface area contributed by atoms with E-state index in [9.17, 15) is 0 Å². The van der Waals surface area contributed by atoms with Crippen molar-refractivity contribution in [3.63, 3.8) is 0 Å². The zero-order valence-electron chi connectivity index (χ0n) is 17.7. The van der Waals surface area contributed by atoms with E-state index in [1.54, 1.807) is 0 Å². The molecule has 1 fully saturated rings. The van der Waals surface area contributed by atoms with Crippen molar-refractivity contribution in [1.29, 1.82) is 0 Å². The number of nitrogens with two attached hydrogens (primary N) is 1. The average molecular weight is 395 g/mol. The van der Waals surface area contributed by atoms with Crippen molar-refractivity contribution in [1.82, 2.24) is 10.2 Å². The minimum absolute atomic E-state index is 0.570. The van der Waals surface area contributed by atoms with Crippen LogP contribution >= 0.6 is 0 Å². The maximum Gasteiger partial charge on any atom is 0.199 e. The van der Waals surface area contributed by atoms with Crippen LogP contribution in [0.4, 0.5) is 5.69 Å². The lowest BCUT2D eigenvalue weighted by Crippen LogP contribution is -2.45. The van der Waals surface area contributed by atoms with E-state index >= 15 is 0 Å². The van der Waals surface area contributed by atoms with Crippen molar-refractivity contribution in [2.24, 2.45) is 16.6 Å². The van der Waals surface area contributed by atoms with Gasteiger partial charge >= 0.3 is 0 Å². The van der Waals surface area contributed by atoms with Crippen LogP contribution in [0.5, 0.6) is 5.75 Å². The van der Waals surface area contributed by atoms with Gasteiger partial charge in [-0.05, 0) is 68.5 Å². The Balaban J connectivity index is 1.62. The van der Waals surface area contributed by atoms with Crippen molar-refractivity contribution in [2.45, 2.75) is 39.7 Å². The standard InChI is InChI=1S/C24H34N4O/c1-19-4-6-21(7-5-19)18-29-23-10-8-22(9-11-23)27-24(26-15-3-14-25)28-16-12-20(2)13-17-28/h4-11,20H,3,12-18,25H2,1-2H3,(H,26,27). The number of hydrogen-bond acceptors (Lipinski definition) is 3. The number of aryl methyl sites for hydroxylation is 1. The molecule has 0 saturated carbocycles. The Bertz CT molecular complexity index is 762. The van der Waals surface area contributed by atoms with Crippen molar-refractivity contribution >= 4 is 11.6 Å². The van der Waals surface area contributed by atoms with Crippen molar-refractivity contribution in [3.8, 4) is 5.75 Å². The van der Waals surface area contributed by atoms with Gasteiger partial charge in [0.15, 0.2) is 5.96 Å². The highest BCUT2D eigenvalue weighted by atomic mass is 16.5. The Morgan fingerprint density at radius 2 is 1.79 bits per heavy atom. The lowest BCUT2D eigenvalue weighted by atomic mass is 9.99. The summed E-state index contributed by atoms with van der Waals surface area (Å²) < 4.78 is 5.91. The predicted molar refractivity (Wildman–Crippen MR) is 121 cm³/mol. The Hall–Kier alpha value is -2.53. The van der Waals surface area contributed by atoms with Gasteiger partial charge in [0.2, 0.25) is 0 Å². The second-order valence-electron chi connectivity index (χ2n) is 7.94. The van der Waals surface area contributed by atoms with Gasteiger partial charge < -0.3 is 20.7 Å². The molecule has 29 heavy (non-hydrogen) atoms. The molecule has 0 amide bonds. The molecule has 156 valence electrons. The second-order valence-corrected chi connectivity index (χ2v) is 7.94. The topological polar surface area (TPSA) is 62.9 Å². The fraction of sp³-hybridized carbons (Fsp3) is 0.458. The minimum Gasteiger partial charge on any atom is -0.489 e. The zero-order chi connectivity index (χ0) is 20.5. The Kier molecular flexibility index (Phi) is 7.94. The van der Waals surface area contributed by atoms with E-state index in [1.165, 1.54) is 24.0 Å². The van der Waals surface area contributed by atoms with Gasteiger partial charge in [0, 0.05) is 19.6 Å². The molecule has 2 aromatic rings. The summed E-state index contributed by atoms with van der Waals surface area (Å²) in [5.74, 6) is 2.61. The van der Waals surface area contributed by atoms with Crippen LogP contribution in [0.3, 0.4) is 0 Å². The summed E-state index contributed by atoms with van der Waals surface area (Å²) in [7, 11) is 0. The molecule has 0 radical (unpaired) electrons. The number of likely N-dealkylation sites (tertiary alicyclic amines) is 1. The maximum atomic E-state index is 5.91. The molecule has 0 unspecified atom stereocenters. The smallest absolute Gasteiger partial charge is 0.199 e. The average Bonchev–Trinajstić information content (AvgIpc) is 2.74. The van der Waals surface area contributed by atoms with Gasteiger partial charge in [-0.1, -0.05) is 36.8 Å². The first-order valence-electron chi connectivity index (χ1n) is 10.7. The van der Waals surface area contributed by atoms with Gasteiger partial charge in [-0.15, -0.1) is 0 Å². The van der Waals surface area contributed by atoms with E-state index < -0.39 is 0 Å². The molecule has 1 aliphatic heterocycles. The number of ether oxygens (including phenoxy) is 1. The van der Waals surface area contributed by atoms with Crippen molar-refractivity contribution in [2.75, 3.05) is 26.2 Å². The predicted octanol–water partition coefficient (Wildman–Crippen LogP) is 4.23. The van der Waals surface area contributed by atoms with Gasteiger partial charge in [-0.3, -0.25) is 0 Å². The van der Waals surface area contributed by atoms with Crippen LogP contribution in [0.2, 0.25) is 0 Å². The number of nitrogens with one attached hydrogen (secondary N) is 1. The summed E-state index contributed by atoms with van der Waals surface area (Å²) in [5, 5.41) is 3.48. The monoisotopic (exact) mass is 394 g/mol. The second kappa shape index (κ2) is 10.9. The molecule has 5 heteroatoms. The van der Waals surface area contributed by atoms with Crippen LogP contribution in [0.25, 0.3) is 0 Å². The van der Waals surface area contributed by atoms with Gasteiger partial charge in [0.25, 0.3) is 0 Å². The summed E-state index contributed by atoms with van der Waals surface area (Å²) in [6.45, 7) is 8.61. The number of piperidine rings is 1. The lowest BCUT2D eigenvalue weighted by Gasteiger charge is -2.33. The summed E-state index contributed by atoms with van der Waals surface area (Å²) in [4.78, 5) is 7.24. The first-order valence-corrected chi connectivity index (χ1v) is 10.7. The first-order chi connectivity index (χ1) is 14.1. The lowest BCUT2D eigenvalue weighted by molar-refractivity contribution is 0.274. The number of benzene rings is 2. The van der Waals surface area contributed by atoms with E-state index in [0.29, 0.717) is 13.2 Å². The van der Waals surface area contributed by atoms with Crippen LogP contribution in [0.15, 0.2) is 53.5 Å². The molecule has 1 saturated heterocycles. The molecule has 1 heterocycles. The van der Waals surface area contributed by atoms with Crippen molar-refractivity contribution in [3.05, 3.63) is 59.7 Å². The summed E-state index contributed by atoms with van der Waals surface area (Å²) >= 11 is 0. The van der Waals surface area contributed by atoms with E-state index in [2.05, 4.69) is 48.3 Å². The molecule has 3 N–H and O–H groups in total. The van der Waals surface area contributed by atoms with Crippen LogP contribution in [-0.2, 0) is 6.61 Å². The third-order valence-corrected chi connectivity index (χ3v) is 5.35. The van der Waals surface area contributed by atoms with Gasteiger partial charge in [-0.25, -0.2) is 4.99 Å². The Morgan fingerprint density at radius 1 is 1.10 bits per heavy atom. The molecule has 0 spiro atoms. The number of nitrogens with zero attached hydrogens (tertiary/aromatic N) is 2. The van der Waals surface area contributed by atoms with Crippen LogP contribution in [-0.4, -0.2) is 37.0 Å². The third kappa shape index (κ3) is 6.79. The quantitative estimate of drug-likeness (QED) is 0.419. The van der Waals surface area contributed by atoms with E-state index in [4.69, 9.17) is 15.5 Å². The highest BCUT2D eigenvalue weighted by Crippen LogP contribution is 2.21. The molecule has 0 bridgehead atoms. The van der Waals surface area contributed by atoms with Crippen LogP contribution in [0.1, 0.15) is 37.3 Å². The molecule has 5 nitrogen and oxygen atoms in total. The Morgan fingerprint density at radius 3 is 2.45 bits per heavy atom. The maximum absolute atomic E-state index is 5.91. The molecule has 2 aromatic carbocycles. The number of hydrogen-bond donors (Lipinski definition) is 2. The molecular weight excluding hydrogens is 360 g/mol. The highest BCUT2D eigenvalue weighted by molar-refractivity contribution is 5.82. The molecule has 0 aliphatic carbocycles. The normalized spacial score (nSPS) is 15.4. The fourth-order valence-electron chi connectivity index (χ4n) is 3.33. The zero-order valence-corrected chi connectivity index (χ0v) is 17.7. The molecule has 0 atom stereocenters. The van der Waals surface area contributed by atoms with Crippen LogP contribution in [0, 0.1) is 12.8 Å². The number of aliphatic imine (C=N–C) groups is 1. The highest BCUT2D eigenvalue weighted by Gasteiger charge is 2.18. The molecule has 3 rings (SSSR count). The summed E-state index contributed by atoms with van der Waals surface area (Å²) in [5.41, 5.74) is 9.01. The third-order valence-electron chi connectivity index (χ3n) is 5.35. The number of guanidine groups is 1. The summed E-state index contributed by atoms with van der Waals surface area (Å²) in [6.07, 6.45) is 3.36. The summed E-state index contributed by atoms with van der Waals surface area (Å²) in [6, 6.07) is 16.4. The molecular formula is C24H34N4O. The molecule has 1 aliphatic rings. The minimum atomic E-state index is 0.570. The van der Waals surface area contributed by atoms with E-state index in [-0.39, 0.29) is 0 Å². The fourth-order valence-corrected chi connectivity index (χ4v) is 3.33. The van der Waals surface area contributed by atoms with Crippen LogP contribution < -0.4 is 15.8 Å². The largest absolute Gasteiger partial charge is 0.489 e. The van der Waals surface area contributed by atoms with E-state index in [0.717, 1.165) is 49.4 Å². The van der Waals surface area contributed by atoms with Crippen molar-refractivity contribution < 1.29 is 4.74 Å². The van der Waals surface area contributed by atoms with Gasteiger partial charge in [0.1, 0.15) is 12.4 Å².